The van der Waals surface area contributed by atoms with Crippen LogP contribution in [0.15, 0.2) is 12.2 Å². The molecule has 0 unspecified atom stereocenters. The highest BCUT2D eigenvalue weighted by Gasteiger charge is 2.32. The number of cyclic esters (lactones) is 1. The van der Waals surface area contributed by atoms with E-state index in [1.807, 2.05) is 13.0 Å². The molecule has 2 rings (SSSR count). The molecule has 0 aromatic carbocycles. The average molecular weight is 224 g/mol. The Balaban J connectivity index is 1.90. The third-order valence-electron chi connectivity index (χ3n) is 3.30. The van der Waals surface area contributed by atoms with E-state index in [2.05, 4.69) is 6.08 Å². The fourth-order valence-electron chi connectivity index (χ4n) is 2.51. The number of carbonyl (C=O) groups excluding carboxylic acids is 1. The van der Waals surface area contributed by atoms with Crippen LogP contribution in [0.2, 0.25) is 0 Å². The van der Waals surface area contributed by atoms with Gasteiger partial charge in [0.05, 0.1) is 12.2 Å². The van der Waals surface area contributed by atoms with Gasteiger partial charge in [-0.25, -0.2) is 0 Å². The molecule has 0 amide bonds. The lowest BCUT2D eigenvalue weighted by Crippen LogP contribution is -2.40. The van der Waals surface area contributed by atoms with Crippen LogP contribution in [0.5, 0.6) is 0 Å². The van der Waals surface area contributed by atoms with Gasteiger partial charge in [0, 0.05) is 6.42 Å². The molecule has 2 fully saturated rings. The molecule has 2 aliphatic rings. The Labute approximate surface area is 96.8 Å². The second kappa shape index (κ2) is 5.48. The van der Waals surface area contributed by atoms with Gasteiger partial charge in [-0.2, -0.15) is 0 Å². The lowest BCUT2D eigenvalue weighted by molar-refractivity contribution is -0.170. The molecule has 3 heteroatoms. The molecule has 0 saturated carbocycles. The topological polar surface area (TPSA) is 35.5 Å². The van der Waals surface area contributed by atoms with Crippen molar-refractivity contribution in [3.05, 3.63) is 12.2 Å². The molecule has 0 aliphatic carbocycles. The van der Waals surface area contributed by atoms with Gasteiger partial charge in [0.2, 0.25) is 0 Å². The van der Waals surface area contributed by atoms with Gasteiger partial charge in [0.1, 0.15) is 6.10 Å². The van der Waals surface area contributed by atoms with Crippen molar-refractivity contribution >= 4 is 5.97 Å². The van der Waals surface area contributed by atoms with Gasteiger partial charge >= 0.3 is 5.97 Å². The minimum Gasteiger partial charge on any atom is -0.460 e. The van der Waals surface area contributed by atoms with E-state index in [1.54, 1.807) is 0 Å². The predicted molar refractivity (Wildman–Crippen MR) is 61.1 cm³/mol. The number of ether oxygens (including phenoxy) is 2. The van der Waals surface area contributed by atoms with Gasteiger partial charge in [0.25, 0.3) is 0 Å². The Morgan fingerprint density at radius 2 is 2.00 bits per heavy atom. The maximum absolute atomic E-state index is 11.2. The minimum atomic E-state index is -0.0620. The van der Waals surface area contributed by atoms with Crippen LogP contribution in [0, 0.1) is 0 Å². The van der Waals surface area contributed by atoms with Crippen molar-refractivity contribution in [1.29, 1.82) is 0 Å². The van der Waals surface area contributed by atoms with Crippen LogP contribution >= 0.6 is 0 Å². The van der Waals surface area contributed by atoms with E-state index < -0.39 is 0 Å². The van der Waals surface area contributed by atoms with Crippen molar-refractivity contribution in [1.82, 2.24) is 0 Å². The lowest BCUT2D eigenvalue weighted by Gasteiger charge is -2.35. The van der Waals surface area contributed by atoms with Crippen LogP contribution in [0.1, 0.15) is 45.4 Å². The molecule has 3 atom stereocenters. The molecule has 0 N–H and O–H groups in total. The lowest BCUT2D eigenvalue weighted by atomic mass is 9.96. The van der Waals surface area contributed by atoms with E-state index in [4.69, 9.17) is 9.47 Å². The standard InChI is InChI=1S/C13H20O3/c1-2-5-10-6-3-7-11(15-10)12-8-4-9-13(14)16-12/h2,5,10-12H,3-4,6-9H2,1H3/b5-2+/t10-,11-,12+/m0/s1. The largest absolute Gasteiger partial charge is 0.460 e. The van der Waals surface area contributed by atoms with E-state index in [1.165, 1.54) is 0 Å². The zero-order valence-corrected chi connectivity index (χ0v) is 9.85. The van der Waals surface area contributed by atoms with E-state index in [9.17, 15) is 4.79 Å². The van der Waals surface area contributed by atoms with E-state index >= 15 is 0 Å². The first kappa shape index (κ1) is 11.6. The summed E-state index contributed by atoms with van der Waals surface area (Å²) in [5.74, 6) is -0.0620. The Bertz CT molecular complexity index is 272. The van der Waals surface area contributed by atoms with Crippen molar-refractivity contribution in [2.45, 2.75) is 63.8 Å². The van der Waals surface area contributed by atoms with E-state index in [-0.39, 0.29) is 24.3 Å². The van der Waals surface area contributed by atoms with Gasteiger partial charge in [-0.3, -0.25) is 4.79 Å². The quantitative estimate of drug-likeness (QED) is 0.534. The van der Waals surface area contributed by atoms with Crippen LogP contribution in [-0.4, -0.2) is 24.3 Å². The summed E-state index contributed by atoms with van der Waals surface area (Å²) in [4.78, 5) is 11.2. The summed E-state index contributed by atoms with van der Waals surface area (Å²) in [5.41, 5.74) is 0. The molecule has 90 valence electrons. The van der Waals surface area contributed by atoms with Crippen molar-refractivity contribution in [3.8, 4) is 0 Å². The number of esters is 1. The van der Waals surface area contributed by atoms with Crippen molar-refractivity contribution in [2.75, 3.05) is 0 Å². The van der Waals surface area contributed by atoms with Crippen LogP contribution in [0.4, 0.5) is 0 Å². The summed E-state index contributed by atoms with van der Waals surface area (Å²) in [6.07, 6.45) is 10.2. The number of hydrogen-bond acceptors (Lipinski definition) is 3. The van der Waals surface area contributed by atoms with Crippen LogP contribution in [0.25, 0.3) is 0 Å². The van der Waals surface area contributed by atoms with Crippen LogP contribution in [-0.2, 0) is 14.3 Å². The molecule has 2 aliphatic heterocycles. The number of rotatable bonds is 2. The zero-order chi connectivity index (χ0) is 11.4. The molecule has 16 heavy (non-hydrogen) atoms. The second-order valence-corrected chi connectivity index (χ2v) is 4.59. The van der Waals surface area contributed by atoms with Gasteiger partial charge in [-0.1, -0.05) is 12.2 Å². The van der Waals surface area contributed by atoms with Crippen molar-refractivity contribution in [2.24, 2.45) is 0 Å². The van der Waals surface area contributed by atoms with Gasteiger partial charge < -0.3 is 9.47 Å². The maximum Gasteiger partial charge on any atom is 0.306 e. The number of hydrogen-bond donors (Lipinski definition) is 0. The third-order valence-corrected chi connectivity index (χ3v) is 3.30. The number of carbonyl (C=O) groups is 1. The molecular formula is C13H20O3. The molecule has 0 radical (unpaired) electrons. The second-order valence-electron chi connectivity index (χ2n) is 4.59. The first-order valence-electron chi connectivity index (χ1n) is 6.27. The Morgan fingerprint density at radius 1 is 1.19 bits per heavy atom. The highest BCUT2D eigenvalue weighted by molar-refractivity contribution is 5.70. The third kappa shape index (κ3) is 2.85. The molecule has 0 spiro atoms. The minimum absolute atomic E-state index is 0.00527. The first-order chi connectivity index (χ1) is 7.79. The fourth-order valence-corrected chi connectivity index (χ4v) is 2.51. The molecule has 0 aromatic rings. The molecule has 0 aromatic heterocycles. The summed E-state index contributed by atoms with van der Waals surface area (Å²) < 4.78 is 11.3. The highest BCUT2D eigenvalue weighted by Crippen LogP contribution is 2.28. The van der Waals surface area contributed by atoms with Gasteiger partial charge in [-0.05, 0) is 39.0 Å². The smallest absolute Gasteiger partial charge is 0.306 e. The summed E-state index contributed by atoms with van der Waals surface area (Å²) in [5, 5.41) is 0. The maximum atomic E-state index is 11.2. The molecular weight excluding hydrogens is 204 g/mol. The van der Waals surface area contributed by atoms with E-state index in [0.717, 1.165) is 32.1 Å². The SMILES string of the molecule is C/C=C/[C@H]1CCC[C@@H]([C@H]2CCCC(=O)O2)O1. The molecule has 2 heterocycles. The van der Waals surface area contributed by atoms with Crippen molar-refractivity contribution in [3.63, 3.8) is 0 Å². The highest BCUT2D eigenvalue weighted by atomic mass is 16.6. The molecule has 2 saturated heterocycles. The van der Waals surface area contributed by atoms with Crippen LogP contribution in [0.3, 0.4) is 0 Å². The summed E-state index contributed by atoms with van der Waals surface area (Å²) in [6, 6.07) is 0. The number of allylic oxidation sites excluding steroid dienone is 1. The molecule has 0 bridgehead atoms. The Morgan fingerprint density at radius 3 is 2.75 bits per heavy atom. The Kier molecular flexibility index (Phi) is 3.99. The monoisotopic (exact) mass is 224 g/mol. The van der Waals surface area contributed by atoms with E-state index in [0.29, 0.717) is 6.42 Å². The van der Waals surface area contributed by atoms with Crippen molar-refractivity contribution < 1.29 is 14.3 Å². The van der Waals surface area contributed by atoms with Gasteiger partial charge in [0.15, 0.2) is 0 Å². The Hall–Kier alpha value is -0.830. The summed E-state index contributed by atoms with van der Waals surface area (Å²) >= 11 is 0. The van der Waals surface area contributed by atoms with Gasteiger partial charge in [-0.15, -0.1) is 0 Å². The predicted octanol–water partition coefficient (Wildman–Crippen LogP) is 2.60. The normalized spacial score (nSPS) is 36.3. The molecule has 3 nitrogen and oxygen atoms in total. The van der Waals surface area contributed by atoms with Crippen LogP contribution < -0.4 is 0 Å². The summed E-state index contributed by atoms with van der Waals surface area (Å²) in [6.45, 7) is 2.01. The average Bonchev–Trinajstić information content (AvgIpc) is 2.30. The fraction of sp³-hybridized carbons (Fsp3) is 0.769. The first-order valence-corrected chi connectivity index (χ1v) is 6.27. The zero-order valence-electron chi connectivity index (χ0n) is 9.85. The summed E-state index contributed by atoms with van der Waals surface area (Å²) in [7, 11) is 0.